The second-order valence-electron chi connectivity index (χ2n) is 5.31. The molecule has 0 aliphatic rings. The summed E-state index contributed by atoms with van der Waals surface area (Å²) >= 11 is 0. The van der Waals surface area contributed by atoms with Crippen molar-refractivity contribution in [3.63, 3.8) is 0 Å². The fourth-order valence-corrected chi connectivity index (χ4v) is 3.53. The number of unbranched alkanes of at least 4 members (excludes halogenated alkanes) is 1. The molecule has 2 rings (SSSR count). The lowest BCUT2D eigenvalue weighted by Gasteiger charge is -2.15. The fraction of sp³-hybridized carbons (Fsp3) is 0.286. The van der Waals surface area contributed by atoms with Crippen LogP contribution in [0, 0.1) is 0 Å². The van der Waals surface area contributed by atoms with Crippen molar-refractivity contribution >= 4 is 36.7 Å². The highest BCUT2D eigenvalue weighted by atomic mass is 32.2. The minimum Gasteiger partial charge on any atom is -0.507 e. The van der Waals surface area contributed by atoms with E-state index in [0.717, 1.165) is 6.07 Å². The molecule has 2 aromatic carbocycles. The quantitative estimate of drug-likeness (QED) is 0.310. The summed E-state index contributed by atoms with van der Waals surface area (Å²) in [5, 5.41) is 10.5. The molecular weight excluding hydrogens is 374 g/mol. The lowest BCUT2D eigenvalue weighted by Crippen LogP contribution is -2.09. The number of anilines is 1. The van der Waals surface area contributed by atoms with Crippen molar-refractivity contribution in [2.75, 3.05) is 18.1 Å². The van der Waals surface area contributed by atoms with Gasteiger partial charge >= 0.3 is 0 Å². The van der Waals surface area contributed by atoms with Crippen LogP contribution in [0.4, 0.5) is 5.69 Å². The van der Waals surface area contributed by atoms with Crippen molar-refractivity contribution in [2.24, 2.45) is 0 Å². The second kappa shape index (κ2) is 7.04. The van der Waals surface area contributed by atoms with Crippen molar-refractivity contribution in [3.05, 3.63) is 24.3 Å². The molecule has 9 nitrogen and oxygen atoms in total. The number of nitrogens with two attached hydrogens (primary N) is 1. The maximum Gasteiger partial charge on any atom is 0.296 e. The monoisotopic (exact) mass is 391 g/mol. The molecule has 0 amide bonds. The molecule has 0 atom stereocenters. The molecule has 0 spiro atoms. The zero-order valence-corrected chi connectivity index (χ0v) is 14.5. The van der Waals surface area contributed by atoms with E-state index in [1.54, 1.807) is 0 Å². The molecule has 0 unspecified atom stereocenters. The molecular formula is C14H17NO8S2. The van der Waals surface area contributed by atoms with Gasteiger partial charge in [-0.2, -0.15) is 16.8 Å². The molecule has 0 aliphatic heterocycles. The third kappa shape index (κ3) is 4.72. The van der Waals surface area contributed by atoms with E-state index in [1.807, 2.05) is 0 Å². The molecule has 0 saturated heterocycles. The number of fused-ring (bicyclic) bond motifs is 1. The average molecular weight is 391 g/mol. The van der Waals surface area contributed by atoms with E-state index in [1.165, 1.54) is 18.2 Å². The minimum atomic E-state index is -4.61. The zero-order chi connectivity index (χ0) is 18.8. The number of aromatic hydroxyl groups is 1. The van der Waals surface area contributed by atoms with Gasteiger partial charge in [-0.1, -0.05) is 12.1 Å². The van der Waals surface area contributed by atoms with Gasteiger partial charge in [0.15, 0.2) is 5.75 Å². The van der Waals surface area contributed by atoms with Crippen molar-refractivity contribution in [1.82, 2.24) is 0 Å². The predicted octanol–water partition coefficient (Wildman–Crippen LogP) is 1.42. The highest BCUT2D eigenvalue weighted by molar-refractivity contribution is 7.86. The lowest BCUT2D eigenvalue weighted by molar-refractivity contribution is 0.312. The van der Waals surface area contributed by atoms with Gasteiger partial charge in [0.05, 0.1) is 23.4 Å². The first-order valence-electron chi connectivity index (χ1n) is 7.10. The van der Waals surface area contributed by atoms with Crippen molar-refractivity contribution < 1.29 is 35.8 Å². The highest BCUT2D eigenvalue weighted by Crippen LogP contribution is 2.41. The molecule has 11 heteroatoms. The first-order valence-corrected chi connectivity index (χ1v) is 10.2. The van der Waals surface area contributed by atoms with Crippen LogP contribution < -0.4 is 10.5 Å². The highest BCUT2D eigenvalue weighted by Gasteiger charge is 2.22. The van der Waals surface area contributed by atoms with Gasteiger partial charge in [-0.15, -0.1) is 0 Å². The number of hydrogen-bond acceptors (Lipinski definition) is 7. The molecule has 0 aromatic heterocycles. The summed E-state index contributed by atoms with van der Waals surface area (Å²) in [5.41, 5.74) is 5.41. The first-order chi connectivity index (χ1) is 11.5. The Hall–Kier alpha value is -2.08. The molecule has 0 heterocycles. The Morgan fingerprint density at radius 1 is 1.08 bits per heavy atom. The van der Waals surface area contributed by atoms with Crippen LogP contribution in [0.15, 0.2) is 29.2 Å². The number of nitrogen functional groups attached to an aromatic ring is 1. The second-order valence-corrected chi connectivity index (χ2v) is 8.27. The Morgan fingerprint density at radius 2 is 1.76 bits per heavy atom. The summed E-state index contributed by atoms with van der Waals surface area (Å²) in [7, 11) is -8.69. The van der Waals surface area contributed by atoms with Gasteiger partial charge in [-0.05, 0) is 30.4 Å². The van der Waals surface area contributed by atoms with Crippen molar-refractivity contribution in [1.29, 1.82) is 0 Å². The molecule has 138 valence electrons. The summed E-state index contributed by atoms with van der Waals surface area (Å²) < 4.78 is 67.7. The Kier molecular flexibility index (Phi) is 5.42. The van der Waals surface area contributed by atoms with E-state index in [9.17, 15) is 26.5 Å². The summed E-state index contributed by atoms with van der Waals surface area (Å²) in [5.74, 6) is -0.766. The van der Waals surface area contributed by atoms with E-state index in [-0.39, 0.29) is 47.4 Å². The maximum atomic E-state index is 11.5. The van der Waals surface area contributed by atoms with Gasteiger partial charge in [0.2, 0.25) is 0 Å². The number of phenolic OH excluding ortho intramolecular Hbond substituents is 1. The van der Waals surface area contributed by atoms with Crippen LogP contribution in [-0.4, -0.2) is 43.4 Å². The van der Waals surface area contributed by atoms with E-state index in [4.69, 9.17) is 15.0 Å². The molecule has 25 heavy (non-hydrogen) atoms. The van der Waals surface area contributed by atoms with Gasteiger partial charge in [0.25, 0.3) is 20.2 Å². The number of rotatable bonds is 7. The molecule has 0 saturated carbocycles. The SMILES string of the molecule is Nc1c(S(=O)(=O)O)cc2cccc(O)c2c1OCCCCS(=O)(=O)O. The lowest BCUT2D eigenvalue weighted by atomic mass is 10.1. The Labute approximate surface area is 144 Å². The summed E-state index contributed by atoms with van der Waals surface area (Å²) in [6.45, 7) is -0.0436. The number of phenols is 1. The molecule has 0 radical (unpaired) electrons. The summed E-state index contributed by atoms with van der Waals surface area (Å²) in [4.78, 5) is -0.557. The molecule has 5 N–H and O–H groups in total. The number of benzene rings is 2. The molecule has 0 bridgehead atoms. The van der Waals surface area contributed by atoms with Crippen LogP contribution in [0.2, 0.25) is 0 Å². The van der Waals surface area contributed by atoms with Crippen LogP contribution in [0.3, 0.4) is 0 Å². The van der Waals surface area contributed by atoms with Gasteiger partial charge in [0.1, 0.15) is 10.6 Å². The van der Waals surface area contributed by atoms with Crippen LogP contribution in [0.25, 0.3) is 10.8 Å². The Balaban J connectivity index is 2.38. The number of hydrogen-bond donors (Lipinski definition) is 4. The van der Waals surface area contributed by atoms with Gasteiger partial charge in [-0.25, -0.2) is 0 Å². The van der Waals surface area contributed by atoms with Crippen molar-refractivity contribution in [2.45, 2.75) is 17.7 Å². The largest absolute Gasteiger partial charge is 0.507 e. The van der Waals surface area contributed by atoms with Gasteiger partial charge < -0.3 is 15.6 Å². The smallest absolute Gasteiger partial charge is 0.296 e. The molecule has 2 aromatic rings. The summed E-state index contributed by atoms with van der Waals surface area (Å²) in [6.07, 6.45) is 0.338. The van der Waals surface area contributed by atoms with Crippen LogP contribution in [-0.2, 0) is 20.2 Å². The standard InChI is InChI=1S/C14H17NO8S2/c15-13-11(25(20,21)22)8-9-4-3-5-10(16)12(9)14(13)23-6-1-2-7-24(17,18)19/h3-5,8,16H,1-2,6-7,15H2,(H,17,18,19)(H,20,21,22). The van der Waals surface area contributed by atoms with Crippen molar-refractivity contribution in [3.8, 4) is 11.5 Å². The van der Waals surface area contributed by atoms with Crippen LogP contribution in [0.1, 0.15) is 12.8 Å². The normalized spacial score (nSPS) is 12.4. The minimum absolute atomic E-state index is 0.0436. The van der Waals surface area contributed by atoms with Gasteiger partial charge in [0, 0.05) is 0 Å². The Bertz CT molecular complexity index is 999. The molecule has 0 fully saturated rings. The third-order valence-electron chi connectivity index (χ3n) is 3.42. The first kappa shape index (κ1) is 19.2. The average Bonchev–Trinajstić information content (AvgIpc) is 2.46. The summed E-state index contributed by atoms with van der Waals surface area (Å²) in [6, 6.07) is 5.47. The third-order valence-corrected chi connectivity index (χ3v) is 5.12. The molecule has 0 aliphatic carbocycles. The van der Waals surface area contributed by atoms with E-state index >= 15 is 0 Å². The fourth-order valence-electron chi connectivity index (χ4n) is 2.31. The van der Waals surface area contributed by atoms with E-state index in [2.05, 4.69) is 0 Å². The predicted molar refractivity (Wildman–Crippen MR) is 91.0 cm³/mol. The van der Waals surface area contributed by atoms with Crippen LogP contribution in [0.5, 0.6) is 11.5 Å². The Morgan fingerprint density at radius 3 is 2.36 bits per heavy atom. The van der Waals surface area contributed by atoms with Crippen LogP contribution >= 0.6 is 0 Å². The maximum absolute atomic E-state index is 11.5. The number of ether oxygens (including phenoxy) is 1. The van der Waals surface area contributed by atoms with E-state index < -0.39 is 30.9 Å². The topological polar surface area (TPSA) is 164 Å². The van der Waals surface area contributed by atoms with Gasteiger partial charge in [-0.3, -0.25) is 9.11 Å². The zero-order valence-electron chi connectivity index (χ0n) is 12.9. The van der Waals surface area contributed by atoms with E-state index in [0.29, 0.717) is 0 Å².